The molecule has 2 N–H and O–H groups in total. The van der Waals surface area contributed by atoms with Gasteiger partial charge in [0.25, 0.3) is 5.91 Å². The van der Waals surface area contributed by atoms with Gasteiger partial charge in [-0.15, -0.1) is 0 Å². The van der Waals surface area contributed by atoms with Crippen LogP contribution in [0.1, 0.15) is 73.7 Å². The van der Waals surface area contributed by atoms with Crippen molar-refractivity contribution in [3.8, 4) is 0 Å². The van der Waals surface area contributed by atoms with Crippen molar-refractivity contribution >= 4 is 27.3 Å². The summed E-state index contributed by atoms with van der Waals surface area (Å²) in [7, 11) is -3.37. The Bertz CT molecular complexity index is 1010. The van der Waals surface area contributed by atoms with E-state index in [2.05, 4.69) is 10.6 Å². The van der Waals surface area contributed by atoms with Gasteiger partial charge in [0, 0.05) is 18.8 Å². The number of nitrogens with zero attached hydrogens (tertiary/aromatic N) is 1. The van der Waals surface area contributed by atoms with E-state index in [0.717, 1.165) is 55.5 Å². The minimum absolute atomic E-state index is 0.154. The number of allylic oxidation sites excluding steroid dienone is 1. The molecule has 1 amide bonds. The lowest BCUT2D eigenvalue weighted by Crippen LogP contribution is -2.38. The zero-order valence-corrected chi connectivity index (χ0v) is 19.5. The van der Waals surface area contributed by atoms with E-state index in [9.17, 15) is 13.2 Å². The van der Waals surface area contributed by atoms with Gasteiger partial charge < -0.3 is 15.4 Å². The summed E-state index contributed by atoms with van der Waals surface area (Å²) in [5.74, 6) is 0.273. The number of benzene rings is 1. The average Bonchev–Trinajstić information content (AvgIpc) is 3.33. The molecule has 2 heterocycles. The van der Waals surface area contributed by atoms with Gasteiger partial charge in [-0.05, 0) is 67.9 Å². The highest BCUT2D eigenvalue weighted by Crippen LogP contribution is 2.42. The molecule has 1 aromatic rings. The molecule has 0 bridgehead atoms. The number of carbonyl (C=O) groups is 1. The minimum Gasteiger partial charge on any atom is -0.497 e. The van der Waals surface area contributed by atoms with E-state index < -0.39 is 10.0 Å². The van der Waals surface area contributed by atoms with Crippen LogP contribution in [0.2, 0.25) is 0 Å². The molecule has 0 radical (unpaired) electrons. The van der Waals surface area contributed by atoms with Gasteiger partial charge in [-0.25, -0.2) is 8.42 Å². The Morgan fingerprint density at radius 3 is 2.69 bits per heavy atom. The predicted molar refractivity (Wildman–Crippen MR) is 127 cm³/mol. The number of sulfonamides is 1. The van der Waals surface area contributed by atoms with Gasteiger partial charge in [0.05, 0.1) is 29.0 Å². The number of hydrogen-bond donors (Lipinski definition) is 2. The van der Waals surface area contributed by atoms with E-state index in [-0.39, 0.29) is 11.7 Å². The Balaban J connectivity index is 1.84. The molecule has 174 valence electrons. The standard InChI is InChI=1S/C24H33N3O4S/c1-2-11-25-24(28)22-17-20(27-12-5-6-15-32(27,29)30)16-21(18-7-3-4-8-18)23(22)26-19-9-13-31-14-10-19/h9-10,13,16-18,26H,2-8,11-12,14-15H2,1H3,(H,25,28). The third kappa shape index (κ3) is 4.95. The second-order valence-electron chi connectivity index (χ2n) is 8.71. The lowest BCUT2D eigenvalue weighted by atomic mass is 9.92. The first-order valence-corrected chi connectivity index (χ1v) is 13.3. The summed E-state index contributed by atoms with van der Waals surface area (Å²) >= 11 is 0. The Hall–Kier alpha value is -2.48. The van der Waals surface area contributed by atoms with Gasteiger partial charge >= 0.3 is 0 Å². The normalized spacial score (nSPS) is 20.5. The van der Waals surface area contributed by atoms with E-state index in [1.54, 1.807) is 12.3 Å². The highest BCUT2D eigenvalue weighted by Gasteiger charge is 2.31. The van der Waals surface area contributed by atoms with E-state index >= 15 is 0 Å². The maximum absolute atomic E-state index is 13.2. The fourth-order valence-electron chi connectivity index (χ4n) is 4.70. The second-order valence-corrected chi connectivity index (χ2v) is 10.7. The van der Waals surface area contributed by atoms with Crippen molar-refractivity contribution in [2.24, 2.45) is 0 Å². The van der Waals surface area contributed by atoms with Crippen molar-refractivity contribution in [3.63, 3.8) is 0 Å². The minimum atomic E-state index is -3.37. The van der Waals surface area contributed by atoms with Crippen molar-refractivity contribution in [2.75, 3.05) is 35.1 Å². The summed E-state index contributed by atoms with van der Waals surface area (Å²) < 4.78 is 32.5. The van der Waals surface area contributed by atoms with Crippen molar-refractivity contribution in [1.29, 1.82) is 0 Å². The number of nitrogens with one attached hydrogen (secondary N) is 2. The fourth-order valence-corrected chi connectivity index (χ4v) is 6.33. The molecule has 1 aliphatic carbocycles. The van der Waals surface area contributed by atoms with Gasteiger partial charge in [-0.3, -0.25) is 9.10 Å². The summed E-state index contributed by atoms with van der Waals surface area (Å²) in [5.41, 5.74) is 3.79. The van der Waals surface area contributed by atoms with Crippen molar-refractivity contribution in [2.45, 2.75) is 57.8 Å². The molecule has 0 spiro atoms. The molecule has 8 heteroatoms. The third-order valence-corrected chi connectivity index (χ3v) is 8.25. The van der Waals surface area contributed by atoms with Crippen LogP contribution in [0.5, 0.6) is 0 Å². The molecule has 2 fully saturated rings. The summed E-state index contributed by atoms with van der Waals surface area (Å²) in [6.45, 7) is 3.51. The highest BCUT2D eigenvalue weighted by atomic mass is 32.2. The monoisotopic (exact) mass is 459 g/mol. The maximum atomic E-state index is 13.2. The smallest absolute Gasteiger partial charge is 0.253 e. The summed E-state index contributed by atoms with van der Waals surface area (Å²) in [6, 6.07) is 3.75. The Labute approximate surface area is 190 Å². The van der Waals surface area contributed by atoms with Crippen molar-refractivity contribution in [3.05, 3.63) is 47.4 Å². The molecule has 2 aliphatic heterocycles. The van der Waals surface area contributed by atoms with Crippen LogP contribution >= 0.6 is 0 Å². The number of hydrogen-bond acceptors (Lipinski definition) is 5. The van der Waals surface area contributed by atoms with Crippen LogP contribution in [-0.4, -0.2) is 39.8 Å². The molecule has 1 aromatic carbocycles. The SMILES string of the molecule is CCCNC(=O)c1cc(N2CCCCS2(=O)=O)cc(C2CCCC2)c1NC1=CCOC=C1. The zero-order chi connectivity index (χ0) is 22.6. The molecule has 32 heavy (non-hydrogen) atoms. The molecule has 0 aromatic heterocycles. The quantitative estimate of drug-likeness (QED) is 0.636. The largest absolute Gasteiger partial charge is 0.497 e. The lowest BCUT2D eigenvalue weighted by molar-refractivity contribution is 0.0954. The van der Waals surface area contributed by atoms with Crippen molar-refractivity contribution < 1.29 is 17.9 Å². The first-order chi connectivity index (χ1) is 15.5. The zero-order valence-electron chi connectivity index (χ0n) is 18.7. The number of anilines is 2. The van der Waals surface area contributed by atoms with Gasteiger partial charge in [-0.2, -0.15) is 0 Å². The van der Waals surface area contributed by atoms with Crippen molar-refractivity contribution in [1.82, 2.24) is 5.32 Å². The second kappa shape index (κ2) is 9.98. The Kier molecular flexibility index (Phi) is 7.08. The van der Waals surface area contributed by atoms with E-state index in [4.69, 9.17) is 4.74 Å². The summed E-state index contributed by atoms with van der Waals surface area (Å²) in [6.07, 6.45) is 12.1. The van der Waals surface area contributed by atoms with E-state index in [1.165, 1.54) is 4.31 Å². The van der Waals surface area contributed by atoms with Gasteiger partial charge in [0.15, 0.2) is 0 Å². The molecule has 4 rings (SSSR count). The first-order valence-electron chi connectivity index (χ1n) is 11.7. The third-order valence-electron chi connectivity index (χ3n) is 6.38. The molecule has 0 unspecified atom stereocenters. The molecule has 1 saturated heterocycles. The van der Waals surface area contributed by atoms with Crippen LogP contribution < -0.4 is 14.9 Å². The molecule has 3 aliphatic rings. The number of carbonyl (C=O) groups excluding carboxylic acids is 1. The highest BCUT2D eigenvalue weighted by molar-refractivity contribution is 7.92. The summed E-state index contributed by atoms with van der Waals surface area (Å²) in [5, 5.41) is 6.45. The van der Waals surface area contributed by atoms with Crippen LogP contribution in [0.25, 0.3) is 0 Å². The first kappa shape index (κ1) is 22.7. The summed E-state index contributed by atoms with van der Waals surface area (Å²) in [4.78, 5) is 13.2. The number of amides is 1. The topological polar surface area (TPSA) is 87.7 Å². The predicted octanol–water partition coefficient (Wildman–Crippen LogP) is 4.25. The number of rotatable bonds is 7. The Morgan fingerprint density at radius 2 is 2.00 bits per heavy atom. The van der Waals surface area contributed by atoms with Gasteiger partial charge in [0.2, 0.25) is 10.0 Å². The molecule has 7 nitrogen and oxygen atoms in total. The number of ether oxygens (including phenoxy) is 1. The fraction of sp³-hybridized carbons (Fsp3) is 0.542. The maximum Gasteiger partial charge on any atom is 0.253 e. The average molecular weight is 460 g/mol. The molecular weight excluding hydrogens is 426 g/mol. The Morgan fingerprint density at radius 1 is 1.19 bits per heavy atom. The molecule has 1 saturated carbocycles. The van der Waals surface area contributed by atoms with Gasteiger partial charge in [0.1, 0.15) is 6.61 Å². The molecular formula is C24H33N3O4S. The van der Waals surface area contributed by atoms with Crippen LogP contribution in [-0.2, 0) is 14.8 Å². The van der Waals surface area contributed by atoms with Crippen LogP contribution in [0.15, 0.2) is 36.2 Å². The van der Waals surface area contributed by atoms with Crippen LogP contribution in [0.3, 0.4) is 0 Å². The van der Waals surface area contributed by atoms with E-state index in [0.29, 0.717) is 43.3 Å². The molecule has 0 atom stereocenters. The van der Waals surface area contributed by atoms with Crippen LogP contribution in [0, 0.1) is 0 Å². The van der Waals surface area contributed by atoms with E-state index in [1.807, 2.05) is 25.1 Å². The van der Waals surface area contributed by atoms with Gasteiger partial charge in [-0.1, -0.05) is 19.8 Å². The lowest BCUT2D eigenvalue weighted by Gasteiger charge is -2.31. The van der Waals surface area contributed by atoms with Crippen LogP contribution in [0.4, 0.5) is 11.4 Å².